The highest BCUT2D eigenvalue weighted by Crippen LogP contribution is 2.37. The van der Waals surface area contributed by atoms with Crippen molar-refractivity contribution in [2.45, 2.75) is 28.9 Å². The van der Waals surface area contributed by atoms with Gasteiger partial charge in [0.1, 0.15) is 22.7 Å². The van der Waals surface area contributed by atoms with Crippen molar-refractivity contribution in [3.8, 4) is 17.5 Å². The van der Waals surface area contributed by atoms with E-state index in [1.807, 2.05) is 30.6 Å². The van der Waals surface area contributed by atoms with Crippen molar-refractivity contribution in [2.24, 2.45) is 0 Å². The van der Waals surface area contributed by atoms with Gasteiger partial charge in [-0.25, -0.2) is 13.4 Å². The summed E-state index contributed by atoms with van der Waals surface area (Å²) in [5.41, 5.74) is 2.30. The number of nitriles is 1. The van der Waals surface area contributed by atoms with Gasteiger partial charge < -0.3 is 0 Å². The van der Waals surface area contributed by atoms with Crippen molar-refractivity contribution >= 4 is 38.5 Å². The van der Waals surface area contributed by atoms with Crippen LogP contribution in [0.3, 0.4) is 0 Å². The summed E-state index contributed by atoms with van der Waals surface area (Å²) in [6.07, 6.45) is 5.30. The molecule has 1 atom stereocenters. The lowest BCUT2D eigenvalue weighted by atomic mass is 10.1. The number of allylic oxidation sites excluding steroid dienone is 4. The second kappa shape index (κ2) is 8.33. The quantitative estimate of drug-likeness (QED) is 0.515. The number of sulfonamides is 1. The summed E-state index contributed by atoms with van der Waals surface area (Å²) in [7, 11) is -4.45. The fraction of sp³-hybridized carbons (Fsp3) is 0.190. The van der Waals surface area contributed by atoms with Crippen LogP contribution >= 0.6 is 11.8 Å². The van der Waals surface area contributed by atoms with E-state index in [4.69, 9.17) is 0 Å². The van der Waals surface area contributed by atoms with Crippen molar-refractivity contribution in [1.29, 1.82) is 5.26 Å². The number of aromatic nitrogens is 3. The van der Waals surface area contributed by atoms with Gasteiger partial charge in [0.25, 0.3) is 0 Å². The van der Waals surface area contributed by atoms with E-state index in [0.29, 0.717) is 29.2 Å². The van der Waals surface area contributed by atoms with Crippen molar-refractivity contribution in [1.82, 2.24) is 19.3 Å². The lowest BCUT2D eigenvalue weighted by Gasteiger charge is -2.17. The number of fused-ring (bicyclic) bond motifs is 1. The van der Waals surface area contributed by atoms with Crippen LogP contribution in [0.4, 0.5) is 13.2 Å². The Morgan fingerprint density at radius 3 is 2.48 bits per heavy atom. The van der Waals surface area contributed by atoms with Crippen LogP contribution < -0.4 is 4.72 Å². The zero-order valence-corrected chi connectivity index (χ0v) is 18.9. The molecule has 0 saturated carbocycles. The van der Waals surface area contributed by atoms with Crippen LogP contribution in [0.25, 0.3) is 28.1 Å². The van der Waals surface area contributed by atoms with E-state index in [9.17, 15) is 26.9 Å². The van der Waals surface area contributed by atoms with E-state index in [0.717, 1.165) is 22.9 Å². The molecule has 3 aromatic rings. The average molecular weight is 492 g/mol. The maximum absolute atomic E-state index is 12.8. The van der Waals surface area contributed by atoms with Gasteiger partial charge in [-0.2, -0.15) is 23.2 Å². The summed E-state index contributed by atoms with van der Waals surface area (Å²) in [4.78, 5) is 9.11. The van der Waals surface area contributed by atoms with Gasteiger partial charge in [-0.05, 0) is 43.5 Å². The van der Waals surface area contributed by atoms with E-state index < -0.39 is 27.1 Å². The SMILES string of the molecule is CSc1cnc2c(c1)c(C#N)c(-c1ccc(S(=O)(=O)NC(C)C(F)(F)F)cn1)n2C1=CC=C1. The highest BCUT2D eigenvalue weighted by Gasteiger charge is 2.39. The topological polar surface area (TPSA) is 101 Å². The molecular weight excluding hydrogens is 475 g/mol. The number of halogens is 3. The molecule has 3 heterocycles. The van der Waals surface area contributed by atoms with Crippen molar-refractivity contribution in [2.75, 3.05) is 6.26 Å². The summed E-state index contributed by atoms with van der Waals surface area (Å²) in [5.74, 6) is 0. The number of nitrogens with one attached hydrogen (secondary N) is 1. The Bertz CT molecular complexity index is 1450. The number of hydrogen-bond donors (Lipinski definition) is 1. The number of nitrogens with zero attached hydrogens (tertiary/aromatic N) is 4. The minimum Gasteiger partial charge on any atom is -0.291 e. The van der Waals surface area contributed by atoms with Crippen molar-refractivity contribution in [3.63, 3.8) is 0 Å². The van der Waals surface area contributed by atoms with Crippen LogP contribution in [-0.4, -0.2) is 41.4 Å². The molecule has 4 rings (SSSR count). The molecular formula is C21H16F3N5O2S2. The van der Waals surface area contributed by atoms with Gasteiger partial charge in [-0.1, -0.05) is 6.08 Å². The molecule has 0 aliphatic heterocycles. The fourth-order valence-corrected chi connectivity index (χ4v) is 4.81. The van der Waals surface area contributed by atoms with Gasteiger partial charge in [0.05, 0.1) is 17.0 Å². The summed E-state index contributed by atoms with van der Waals surface area (Å²) in [6, 6.07) is 4.28. The number of thioether (sulfide) groups is 1. The molecule has 12 heteroatoms. The summed E-state index contributed by atoms with van der Waals surface area (Å²) in [6.45, 7) is 0.715. The molecule has 1 aliphatic carbocycles. The van der Waals surface area contributed by atoms with E-state index in [1.54, 1.807) is 15.5 Å². The fourth-order valence-electron chi connectivity index (χ4n) is 3.24. The number of alkyl halides is 3. The lowest BCUT2D eigenvalue weighted by Crippen LogP contribution is -2.42. The Morgan fingerprint density at radius 1 is 1.24 bits per heavy atom. The highest BCUT2D eigenvalue weighted by atomic mass is 32.2. The van der Waals surface area contributed by atoms with Gasteiger partial charge in [0.2, 0.25) is 10.0 Å². The molecule has 0 fully saturated rings. The molecule has 1 unspecified atom stereocenters. The molecule has 0 bridgehead atoms. The third-order valence-electron chi connectivity index (χ3n) is 5.03. The van der Waals surface area contributed by atoms with Crippen LogP contribution in [0.15, 0.2) is 58.6 Å². The van der Waals surface area contributed by atoms with Crippen molar-refractivity contribution < 1.29 is 21.6 Å². The number of pyridine rings is 2. The maximum Gasteiger partial charge on any atom is 0.404 e. The summed E-state index contributed by atoms with van der Waals surface area (Å²) in [5, 5.41) is 10.5. The maximum atomic E-state index is 12.8. The Morgan fingerprint density at radius 2 is 1.97 bits per heavy atom. The molecule has 0 radical (unpaired) electrons. The average Bonchev–Trinajstić information content (AvgIpc) is 3.04. The normalized spacial score (nSPS) is 14.6. The zero-order valence-electron chi connectivity index (χ0n) is 17.3. The molecule has 0 saturated heterocycles. The number of rotatable bonds is 6. The van der Waals surface area contributed by atoms with E-state index >= 15 is 0 Å². The van der Waals surface area contributed by atoms with Gasteiger partial charge in [-0.3, -0.25) is 9.55 Å². The van der Waals surface area contributed by atoms with E-state index in [2.05, 4.69) is 16.0 Å². The molecule has 1 N–H and O–H groups in total. The molecule has 0 aromatic carbocycles. The Kier molecular flexibility index (Phi) is 5.81. The van der Waals surface area contributed by atoms with Crippen LogP contribution in [0.2, 0.25) is 0 Å². The second-order valence-corrected chi connectivity index (χ2v) is 9.73. The second-order valence-electron chi connectivity index (χ2n) is 7.13. The first-order valence-electron chi connectivity index (χ1n) is 9.49. The van der Waals surface area contributed by atoms with Crippen LogP contribution in [0.5, 0.6) is 0 Å². The molecule has 7 nitrogen and oxygen atoms in total. The Labute approximate surface area is 191 Å². The largest absolute Gasteiger partial charge is 0.404 e. The Balaban J connectivity index is 1.82. The molecule has 3 aromatic heterocycles. The first kappa shape index (κ1) is 23.0. The summed E-state index contributed by atoms with van der Waals surface area (Å²) < 4.78 is 66.4. The van der Waals surface area contributed by atoms with Crippen LogP contribution in [-0.2, 0) is 10.0 Å². The first-order valence-corrected chi connectivity index (χ1v) is 12.2. The smallest absolute Gasteiger partial charge is 0.291 e. The van der Waals surface area contributed by atoms with Gasteiger partial charge in [0.15, 0.2) is 0 Å². The number of hydrogen-bond acceptors (Lipinski definition) is 6. The summed E-state index contributed by atoms with van der Waals surface area (Å²) >= 11 is 1.47. The molecule has 0 amide bonds. The van der Waals surface area contributed by atoms with Gasteiger partial charge in [0, 0.05) is 28.4 Å². The predicted octanol–water partition coefficient (Wildman–Crippen LogP) is 4.33. The minimum atomic E-state index is -4.73. The van der Waals surface area contributed by atoms with E-state index in [1.165, 1.54) is 17.8 Å². The predicted molar refractivity (Wildman–Crippen MR) is 119 cm³/mol. The Hall–Kier alpha value is -3.14. The molecule has 170 valence electrons. The van der Waals surface area contributed by atoms with Crippen LogP contribution in [0, 0.1) is 11.3 Å². The van der Waals surface area contributed by atoms with Gasteiger partial charge >= 0.3 is 6.18 Å². The first-order chi connectivity index (χ1) is 15.6. The standard InChI is InChI=1S/C21H16F3N5O2S2/c1-12(21(22,23)24)28-33(30,31)15-6-7-18(26-11-15)19-17(9-25)16-8-14(32-2)10-27-20(16)29(19)13-4-3-5-13/h3-8,10-12,28H,1-2H3. The molecule has 33 heavy (non-hydrogen) atoms. The molecule has 1 aliphatic rings. The zero-order chi connectivity index (χ0) is 24.0. The van der Waals surface area contributed by atoms with Crippen LogP contribution in [0.1, 0.15) is 12.5 Å². The highest BCUT2D eigenvalue weighted by molar-refractivity contribution is 7.98. The monoisotopic (exact) mass is 491 g/mol. The van der Waals surface area contributed by atoms with Crippen molar-refractivity contribution in [3.05, 3.63) is 54.4 Å². The van der Waals surface area contributed by atoms with E-state index in [-0.39, 0.29) is 5.69 Å². The third kappa shape index (κ3) is 4.15. The third-order valence-corrected chi connectivity index (χ3v) is 7.26. The molecule has 0 spiro atoms. The minimum absolute atomic E-state index is 0.277. The van der Waals surface area contributed by atoms with Gasteiger partial charge in [-0.15, -0.1) is 11.8 Å². The lowest BCUT2D eigenvalue weighted by molar-refractivity contribution is -0.147.